The van der Waals surface area contributed by atoms with Crippen molar-refractivity contribution in [2.24, 2.45) is 0 Å². The molecule has 0 aromatic rings. The minimum atomic E-state index is -3.66. The summed E-state index contributed by atoms with van der Waals surface area (Å²) in [6, 6.07) is 0. The van der Waals surface area contributed by atoms with Gasteiger partial charge < -0.3 is 56.4 Å². The number of hydrogen-bond acceptors (Lipinski definition) is 15. The number of fused-ring (bicyclic) bond motifs is 2. The van der Waals surface area contributed by atoms with Gasteiger partial charge in [0.2, 0.25) is 0 Å². The largest absolute Gasteiger partial charge is 0.463 e. The van der Waals surface area contributed by atoms with Crippen LogP contribution in [0.25, 0.3) is 0 Å². The Morgan fingerprint density at radius 2 is 0.957 bits per heavy atom. The van der Waals surface area contributed by atoms with Crippen LogP contribution in [0.4, 0.5) is 0 Å². The molecule has 47 heavy (non-hydrogen) atoms. The maximum Gasteiger partial charge on any atom is 0.362 e. The van der Waals surface area contributed by atoms with Crippen molar-refractivity contribution in [3.05, 3.63) is 0 Å². The molecule has 276 valence electrons. The lowest BCUT2D eigenvalue weighted by Gasteiger charge is -2.30. The van der Waals surface area contributed by atoms with Gasteiger partial charge in [-0.3, -0.25) is 13.9 Å². The average Bonchev–Trinajstić information content (AvgIpc) is 3.56. The van der Waals surface area contributed by atoms with E-state index in [1.54, 1.807) is 83.1 Å². The van der Waals surface area contributed by atoms with Crippen LogP contribution < -0.4 is 0 Å². The van der Waals surface area contributed by atoms with Crippen molar-refractivity contribution < 1.29 is 70.3 Å². The first-order valence-corrected chi connectivity index (χ1v) is 19.4. The quantitative estimate of drug-likeness (QED) is 0.197. The van der Waals surface area contributed by atoms with Gasteiger partial charge in [-0.05, 0) is 83.1 Å². The molecule has 4 aliphatic heterocycles. The Balaban J connectivity index is 0.000000257. The van der Waals surface area contributed by atoms with Gasteiger partial charge in [-0.25, -0.2) is 0 Å². The second-order valence-electron chi connectivity index (χ2n) is 13.9. The Morgan fingerprint density at radius 3 is 1.28 bits per heavy atom. The first-order chi connectivity index (χ1) is 21.5. The van der Waals surface area contributed by atoms with Crippen molar-refractivity contribution in [3.8, 4) is 0 Å². The topological polar surface area (TPSA) is 173 Å². The van der Waals surface area contributed by atoms with Gasteiger partial charge in [0.1, 0.15) is 43.2 Å². The van der Waals surface area contributed by atoms with Gasteiger partial charge in [-0.15, -0.1) is 0 Å². The summed E-state index contributed by atoms with van der Waals surface area (Å²) in [5.41, 5.74) is 0. The number of aliphatic hydroxyl groups is 1. The molecule has 0 bridgehead atoms. The normalized spacial score (nSPS) is 33.0. The molecule has 0 saturated carbocycles. The molecule has 15 nitrogen and oxygen atoms in total. The molecule has 1 N–H and O–H groups in total. The number of aliphatic hydroxyl groups excluding tert-OH is 1. The van der Waals surface area contributed by atoms with Crippen LogP contribution in [-0.2, 0) is 65.2 Å². The minimum Gasteiger partial charge on any atom is -0.463 e. The Bertz CT molecular complexity index is 1110. The molecular formula is C30H56O15P2. The maximum atomic E-state index is 13.5. The lowest BCUT2D eigenvalue weighted by atomic mass is 10.1. The van der Waals surface area contributed by atoms with Crippen molar-refractivity contribution in [2.75, 3.05) is 13.2 Å². The predicted octanol–water partition coefficient (Wildman–Crippen LogP) is 5.10. The molecule has 0 aliphatic carbocycles. The number of ether oxygens (including phenoxy) is 7. The van der Waals surface area contributed by atoms with Crippen molar-refractivity contribution >= 4 is 21.2 Å². The van der Waals surface area contributed by atoms with E-state index in [4.69, 9.17) is 51.3 Å². The van der Waals surface area contributed by atoms with Crippen molar-refractivity contribution in [1.82, 2.24) is 0 Å². The van der Waals surface area contributed by atoms with Crippen LogP contribution >= 0.6 is 15.2 Å². The van der Waals surface area contributed by atoms with Gasteiger partial charge in [-0.1, -0.05) is 0 Å². The summed E-state index contributed by atoms with van der Waals surface area (Å²) in [7, 11) is -7.25. The first-order valence-electron chi connectivity index (χ1n) is 16.2. The minimum absolute atomic E-state index is 0.0181. The second-order valence-corrected chi connectivity index (χ2v) is 18.0. The number of carbonyl (C=O) groups excluding carboxylic acids is 1. The molecule has 17 heteroatoms. The molecule has 4 aliphatic rings. The summed E-state index contributed by atoms with van der Waals surface area (Å²) in [5.74, 6) is -4.00. The number of rotatable bonds is 13. The summed E-state index contributed by atoms with van der Waals surface area (Å²) >= 11 is 0. The van der Waals surface area contributed by atoms with E-state index in [1.807, 2.05) is 0 Å². The molecule has 4 saturated heterocycles. The molecular weight excluding hydrogens is 662 g/mol. The molecule has 4 fully saturated rings. The van der Waals surface area contributed by atoms with E-state index in [2.05, 4.69) is 0 Å². The predicted molar refractivity (Wildman–Crippen MR) is 169 cm³/mol. The van der Waals surface area contributed by atoms with Crippen LogP contribution in [0.3, 0.4) is 0 Å². The van der Waals surface area contributed by atoms with Crippen LogP contribution in [0.15, 0.2) is 0 Å². The molecule has 0 aromatic heterocycles. The summed E-state index contributed by atoms with van der Waals surface area (Å²) in [6.45, 7) is 22.3. The third-order valence-electron chi connectivity index (χ3n) is 6.94. The highest BCUT2D eigenvalue weighted by Crippen LogP contribution is 2.62. The second kappa shape index (κ2) is 15.8. The van der Waals surface area contributed by atoms with Gasteiger partial charge >= 0.3 is 21.2 Å². The highest BCUT2D eigenvalue weighted by atomic mass is 31.2. The van der Waals surface area contributed by atoms with Gasteiger partial charge in [0.25, 0.3) is 0 Å². The van der Waals surface area contributed by atoms with Crippen molar-refractivity contribution in [3.63, 3.8) is 0 Å². The summed E-state index contributed by atoms with van der Waals surface area (Å²) in [4.78, 5) is 11.1. The number of esters is 1. The smallest absolute Gasteiger partial charge is 0.362 e. The summed E-state index contributed by atoms with van der Waals surface area (Å²) < 4.78 is 89.3. The van der Waals surface area contributed by atoms with Crippen LogP contribution in [0.1, 0.15) is 90.0 Å². The fourth-order valence-corrected chi connectivity index (χ4v) is 10.5. The SMILES string of the molecule is CC(=O)OC[C@H]1O[C@@H](P(=O)(OC(C)C)OC(C)C)[C@@H]2OC(C)(C)O[C@@H]21.CC(C)OP(=O)(OC(C)C)[C@@H]1O[C@H](CO)[C@H]2OC(C)(C)O[C@H]21. The summed E-state index contributed by atoms with van der Waals surface area (Å²) in [5, 5.41) is 9.50. The van der Waals surface area contributed by atoms with Gasteiger partial charge in [0.15, 0.2) is 23.3 Å². The Morgan fingerprint density at radius 1 is 0.638 bits per heavy atom. The number of carbonyl (C=O) groups is 1. The molecule has 4 heterocycles. The van der Waals surface area contributed by atoms with Crippen LogP contribution in [0, 0.1) is 0 Å². The average molecular weight is 719 g/mol. The zero-order valence-electron chi connectivity index (χ0n) is 29.9. The van der Waals surface area contributed by atoms with Gasteiger partial charge in [0.05, 0.1) is 31.0 Å². The molecule has 0 aromatic carbocycles. The van der Waals surface area contributed by atoms with Crippen LogP contribution in [0.5, 0.6) is 0 Å². The standard InChI is InChI=1S/C16H29O8P.C14H27O7P/c1-9(2)23-25(18,24-10(3)4)15-14-13(21-16(6,7)22-14)12(20-15)8-19-11(5)17;1-8(2)20-22(16,21-9(3)4)13-12-11(10(7-15)17-13)18-14(5,6)19-12/h9-10,12-15H,8H2,1-7H3;8-13,15H,7H2,1-6H3/t12-,13-,14-,15+;10-,11-,12-,13+/m11/s1. The van der Waals surface area contributed by atoms with E-state index in [-0.39, 0.29) is 37.6 Å². The van der Waals surface area contributed by atoms with Crippen LogP contribution in [-0.4, -0.2) is 109 Å². The number of hydrogen-bond donors (Lipinski definition) is 1. The van der Waals surface area contributed by atoms with E-state index in [1.165, 1.54) is 6.92 Å². The molecule has 0 spiro atoms. The fraction of sp³-hybridized carbons (Fsp3) is 0.967. The van der Waals surface area contributed by atoms with E-state index in [0.717, 1.165) is 0 Å². The molecule has 8 atom stereocenters. The zero-order valence-corrected chi connectivity index (χ0v) is 31.7. The monoisotopic (exact) mass is 718 g/mol. The van der Waals surface area contributed by atoms with Gasteiger partial charge in [-0.2, -0.15) is 0 Å². The van der Waals surface area contributed by atoms with Gasteiger partial charge in [0, 0.05) is 6.92 Å². The molecule has 0 radical (unpaired) electrons. The van der Waals surface area contributed by atoms with E-state index >= 15 is 0 Å². The summed E-state index contributed by atoms with van der Waals surface area (Å²) in [6.07, 6.45) is -4.73. The van der Waals surface area contributed by atoms with Crippen LogP contribution in [0.2, 0.25) is 0 Å². The third kappa shape index (κ3) is 10.5. The highest BCUT2D eigenvalue weighted by Gasteiger charge is 2.63. The van der Waals surface area contributed by atoms with E-state index in [9.17, 15) is 19.0 Å². The first kappa shape index (κ1) is 40.9. The Kier molecular flexibility index (Phi) is 13.8. The van der Waals surface area contributed by atoms with E-state index in [0.29, 0.717) is 0 Å². The zero-order chi connectivity index (χ0) is 35.7. The fourth-order valence-electron chi connectivity index (χ4n) is 5.77. The van der Waals surface area contributed by atoms with E-state index < -0.39 is 81.0 Å². The molecule has 0 amide bonds. The molecule has 4 rings (SSSR count). The van der Waals surface area contributed by atoms with Crippen molar-refractivity contribution in [1.29, 1.82) is 0 Å². The third-order valence-corrected chi connectivity index (χ3v) is 11.9. The Hall–Kier alpha value is -0.510. The van der Waals surface area contributed by atoms with Crippen molar-refractivity contribution in [2.45, 2.75) is 174 Å². The lowest BCUT2D eigenvalue weighted by molar-refractivity contribution is -0.187. The molecule has 0 unspecified atom stereocenters. The highest BCUT2D eigenvalue weighted by molar-refractivity contribution is 7.54. The maximum absolute atomic E-state index is 13.5. The lowest BCUT2D eigenvalue weighted by Crippen LogP contribution is -2.33. The Labute approximate surface area is 278 Å².